The Kier molecular flexibility index (Phi) is 7.35. The number of rotatable bonds is 5. The highest BCUT2D eigenvalue weighted by Gasteiger charge is 2.48. The van der Waals surface area contributed by atoms with Crippen LogP contribution in [0.1, 0.15) is 6.42 Å². The van der Waals surface area contributed by atoms with E-state index in [0.29, 0.717) is 26.2 Å². The Morgan fingerprint density at radius 3 is 2.34 bits per heavy atom. The molecule has 2 saturated heterocycles. The highest BCUT2D eigenvalue weighted by Crippen LogP contribution is 2.30. The molecule has 4 rings (SSSR count). The van der Waals surface area contributed by atoms with Gasteiger partial charge in [-0.05, 0) is 24.3 Å². The predicted octanol–water partition coefficient (Wildman–Crippen LogP) is 1.80. The van der Waals surface area contributed by atoms with Crippen LogP contribution in [0, 0.1) is 11.7 Å². The molecule has 2 unspecified atom stereocenters. The summed E-state index contributed by atoms with van der Waals surface area (Å²) in [6.07, 6.45) is -2.25. The zero-order valence-corrected chi connectivity index (χ0v) is 18.9. The number of carbonyl (C=O) groups excluding carboxylic acids is 2. The second-order valence-corrected chi connectivity index (χ2v) is 8.54. The summed E-state index contributed by atoms with van der Waals surface area (Å²) in [6.45, 7) is 1.62. The molecular formula is C24H27FN4O6. The molecule has 2 aromatic rings. The Hall–Kier alpha value is -3.86. The van der Waals surface area contributed by atoms with Gasteiger partial charge in [-0.1, -0.05) is 24.3 Å². The molecule has 186 valence electrons. The smallest absolute Gasteiger partial charge is 0.408 e. The molecule has 2 fully saturated rings. The molecule has 10 nitrogen and oxygen atoms in total. The Bertz CT molecular complexity index is 1060. The second-order valence-electron chi connectivity index (χ2n) is 8.54. The number of anilines is 1. The van der Waals surface area contributed by atoms with E-state index in [0.717, 1.165) is 16.7 Å². The van der Waals surface area contributed by atoms with Crippen LogP contribution in [0.4, 0.5) is 14.9 Å². The van der Waals surface area contributed by atoms with Crippen LogP contribution < -0.4 is 15.1 Å². The lowest BCUT2D eigenvalue weighted by molar-refractivity contribution is -0.150. The van der Waals surface area contributed by atoms with Crippen LogP contribution in [0.25, 0.3) is 0 Å². The molecule has 0 aromatic heterocycles. The van der Waals surface area contributed by atoms with Crippen molar-refractivity contribution in [3.63, 3.8) is 0 Å². The van der Waals surface area contributed by atoms with Gasteiger partial charge in [0, 0.05) is 44.4 Å². The van der Waals surface area contributed by atoms with Gasteiger partial charge in [0.1, 0.15) is 23.7 Å². The Labute approximate surface area is 201 Å². The number of carboxylic acid groups (broad SMARTS) is 1. The number of halogens is 1. The maximum atomic E-state index is 13.6. The van der Waals surface area contributed by atoms with E-state index in [9.17, 15) is 29.1 Å². The number of piperidine rings is 1. The van der Waals surface area contributed by atoms with Crippen molar-refractivity contribution < 1.29 is 33.8 Å². The van der Waals surface area contributed by atoms with Gasteiger partial charge in [-0.2, -0.15) is 0 Å². The van der Waals surface area contributed by atoms with Crippen LogP contribution in [-0.4, -0.2) is 82.9 Å². The average molecular weight is 487 g/mol. The second kappa shape index (κ2) is 10.6. The highest BCUT2D eigenvalue weighted by atomic mass is 19.1. The minimum absolute atomic E-state index is 0.0346. The van der Waals surface area contributed by atoms with Crippen molar-refractivity contribution in [2.75, 3.05) is 37.6 Å². The van der Waals surface area contributed by atoms with Gasteiger partial charge in [-0.3, -0.25) is 19.7 Å². The normalized spacial score (nSPS) is 22.5. The van der Waals surface area contributed by atoms with E-state index in [4.69, 9.17) is 4.74 Å². The molecule has 3 N–H and O–H groups in total. The topological polar surface area (TPSA) is 123 Å². The molecule has 0 spiro atoms. The van der Waals surface area contributed by atoms with Gasteiger partial charge in [0.2, 0.25) is 11.8 Å². The van der Waals surface area contributed by atoms with Crippen LogP contribution in [0.5, 0.6) is 5.75 Å². The van der Waals surface area contributed by atoms with Gasteiger partial charge in [-0.15, -0.1) is 0 Å². The third-order valence-corrected chi connectivity index (χ3v) is 6.39. The summed E-state index contributed by atoms with van der Waals surface area (Å²) in [6, 6.07) is 13.8. The fraction of sp³-hybridized carbons (Fsp3) is 0.375. The first-order valence-electron chi connectivity index (χ1n) is 11.3. The summed E-state index contributed by atoms with van der Waals surface area (Å²) in [7, 11) is 0. The molecule has 2 heterocycles. The van der Waals surface area contributed by atoms with Crippen LogP contribution in [0.15, 0.2) is 54.6 Å². The SMILES string of the molecule is O=C(NO)C1C[C@H](Oc2cccc(F)c2)CN(C(=O)O)C1C(=O)N1CCN(c2ccccc2)CC1. The first kappa shape index (κ1) is 24.3. The fourth-order valence-electron chi connectivity index (χ4n) is 4.70. The number of benzene rings is 2. The minimum Gasteiger partial charge on any atom is -0.488 e. The first-order chi connectivity index (χ1) is 16.9. The van der Waals surface area contributed by atoms with Crippen molar-refractivity contribution in [2.45, 2.75) is 18.6 Å². The van der Waals surface area contributed by atoms with E-state index in [1.807, 2.05) is 30.3 Å². The monoisotopic (exact) mass is 486 g/mol. The molecule has 2 aliphatic rings. The lowest BCUT2D eigenvalue weighted by atomic mass is 9.86. The number of hydrogen-bond acceptors (Lipinski definition) is 6. The van der Waals surface area contributed by atoms with Crippen molar-refractivity contribution in [3.05, 3.63) is 60.4 Å². The summed E-state index contributed by atoms with van der Waals surface area (Å²) < 4.78 is 19.3. The lowest BCUT2D eigenvalue weighted by Crippen LogP contribution is -2.64. The highest BCUT2D eigenvalue weighted by molar-refractivity contribution is 5.92. The number of carbonyl (C=O) groups is 3. The Morgan fingerprint density at radius 1 is 1.00 bits per heavy atom. The summed E-state index contributed by atoms with van der Waals surface area (Å²) in [5.74, 6) is -2.93. The van der Waals surface area contributed by atoms with Gasteiger partial charge in [0.15, 0.2) is 0 Å². The third kappa shape index (κ3) is 5.46. The number of amides is 3. The van der Waals surface area contributed by atoms with Crippen LogP contribution in [-0.2, 0) is 9.59 Å². The zero-order chi connectivity index (χ0) is 24.9. The van der Waals surface area contributed by atoms with Crippen LogP contribution >= 0.6 is 0 Å². The average Bonchev–Trinajstić information content (AvgIpc) is 2.88. The van der Waals surface area contributed by atoms with E-state index in [1.165, 1.54) is 18.2 Å². The number of likely N-dealkylation sites (tertiary alicyclic amines) is 1. The van der Waals surface area contributed by atoms with Crippen molar-refractivity contribution in [1.82, 2.24) is 15.3 Å². The van der Waals surface area contributed by atoms with E-state index >= 15 is 0 Å². The molecule has 11 heteroatoms. The summed E-state index contributed by atoms with van der Waals surface area (Å²) >= 11 is 0. The molecular weight excluding hydrogens is 459 g/mol. The maximum absolute atomic E-state index is 13.6. The van der Waals surface area contributed by atoms with Crippen molar-refractivity contribution in [1.29, 1.82) is 0 Å². The van der Waals surface area contributed by atoms with Gasteiger partial charge in [-0.25, -0.2) is 14.7 Å². The van der Waals surface area contributed by atoms with E-state index < -0.39 is 41.8 Å². The quantitative estimate of drug-likeness (QED) is 0.435. The number of hydroxylamine groups is 1. The summed E-state index contributed by atoms with van der Waals surface area (Å²) in [5, 5.41) is 19.2. The van der Waals surface area contributed by atoms with Crippen molar-refractivity contribution in [2.24, 2.45) is 5.92 Å². The maximum Gasteiger partial charge on any atom is 0.408 e. The van der Waals surface area contributed by atoms with Gasteiger partial charge < -0.3 is 19.6 Å². The van der Waals surface area contributed by atoms with Crippen molar-refractivity contribution in [3.8, 4) is 5.75 Å². The zero-order valence-electron chi connectivity index (χ0n) is 18.9. The number of nitrogens with one attached hydrogen (secondary N) is 1. The number of piperazine rings is 1. The van der Waals surface area contributed by atoms with Gasteiger partial charge in [0.05, 0.1) is 12.5 Å². The molecule has 0 aliphatic carbocycles. The molecule has 0 saturated carbocycles. The number of nitrogens with zero attached hydrogens (tertiary/aromatic N) is 3. The van der Waals surface area contributed by atoms with E-state index in [-0.39, 0.29) is 18.7 Å². The summed E-state index contributed by atoms with van der Waals surface area (Å²) in [5.41, 5.74) is 2.58. The molecule has 3 amide bonds. The largest absolute Gasteiger partial charge is 0.488 e. The van der Waals surface area contributed by atoms with Crippen LogP contribution in [0.2, 0.25) is 0 Å². The summed E-state index contributed by atoms with van der Waals surface area (Å²) in [4.78, 5) is 42.7. The molecule has 2 aromatic carbocycles. The first-order valence-corrected chi connectivity index (χ1v) is 11.3. The minimum atomic E-state index is -1.39. The standard InChI is InChI=1S/C24H27FN4O6/c25-16-5-4-8-18(13-16)35-19-14-20(22(30)26-34)21(29(15-19)24(32)33)23(31)28-11-9-27(10-12-28)17-6-2-1-3-7-17/h1-8,13,19-21,34H,9-12,14-15H2,(H,26,30)(H,32,33)/t19-,20?,21?/m0/s1. The molecule has 0 bridgehead atoms. The Morgan fingerprint density at radius 2 is 1.71 bits per heavy atom. The predicted molar refractivity (Wildman–Crippen MR) is 123 cm³/mol. The molecule has 3 atom stereocenters. The molecule has 0 radical (unpaired) electrons. The van der Waals surface area contributed by atoms with E-state index in [1.54, 1.807) is 10.4 Å². The molecule has 35 heavy (non-hydrogen) atoms. The number of hydrogen-bond donors (Lipinski definition) is 3. The third-order valence-electron chi connectivity index (χ3n) is 6.39. The van der Waals surface area contributed by atoms with Crippen LogP contribution in [0.3, 0.4) is 0 Å². The van der Waals surface area contributed by atoms with Crippen molar-refractivity contribution >= 4 is 23.6 Å². The van der Waals surface area contributed by atoms with Gasteiger partial charge in [0.25, 0.3) is 0 Å². The number of ether oxygens (including phenoxy) is 1. The number of para-hydroxylation sites is 1. The van der Waals surface area contributed by atoms with Gasteiger partial charge >= 0.3 is 6.09 Å². The van der Waals surface area contributed by atoms with E-state index in [2.05, 4.69) is 4.90 Å². The fourth-order valence-corrected chi connectivity index (χ4v) is 4.70. The molecule has 2 aliphatic heterocycles. The lowest BCUT2D eigenvalue weighted by Gasteiger charge is -2.44. The Balaban J connectivity index is 1.51.